The highest BCUT2D eigenvalue weighted by molar-refractivity contribution is 7.99. The van der Waals surface area contributed by atoms with Crippen LogP contribution in [0.2, 0.25) is 0 Å². The van der Waals surface area contributed by atoms with E-state index in [1.165, 1.54) is 12.2 Å². The summed E-state index contributed by atoms with van der Waals surface area (Å²) in [5.74, 6) is 3.43. The molecule has 2 fully saturated rings. The Hall–Kier alpha value is -1.36. The zero-order valence-electron chi connectivity index (χ0n) is 13.5. The first-order valence-corrected chi connectivity index (χ1v) is 9.47. The van der Waals surface area contributed by atoms with Gasteiger partial charge in [0.05, 0.1) is 13.5 Å². The molecule has 2 atom stereocenters. The molecular weight excluding hydrogens is 312 g/mol. The van der Waals surface area contributed by atoms with Gasteiger partial charge >= 0.3 is 5.97 Å². The highest BCUT2D eigenvalue weighted by Crippen LogP contribution is 2.49. The van der Waals surface area contributed by atoms with Crippen molar-refractivity contribution in [2.24, 2.45) is 5.92 Å². The molecule has 2 aliphatic rings. The first-order chi connectivity index (χ1) is 11.2. The second kappa shape index (κ2) is 7.47. The summed E-state index contributed by atoms with van der Waals surface area (Å²) in [7, 11) is 1.64. The number of benzene rings is 1. The van der Waals surface area contributed by atoms with Crippen molar-refractivity contribution < 1.29 is 19.4 Å². The lowest BCUT2D eigenvalue weighted by atomic mass is 9.90. The quantitative estimate of drug-likeness (QED) is 0.817. The minimum atomic E-state index is -0.751. The minimum absolute atomic E-state index is 0.0201. The Balaban J connectivity index is 1.84. The maximum absolute atomic E-state index is 11.2. The summed E-state index contributed by atoms with van der Waals surface area (Å²) in [6, 6.07) is 5.89. The molecule has 1 aromatic carbocycles. The second-order valence-electron chi connectivity index (χ2n) is 6.38. The smallest absolute Gasteiger partial charge is 0.303 e. The van der Waals surface area contributed by atoms with E-state index in [-0.39, 0.29) is 18.4 Å². The van der Waals surface area contributed by atoms with E-state index in [1.807, 2.05) is 30.0 Å². The lowest BCUT2D eigenvalue weighted by Gasteiger charge is -2.25. The molecule has 1 saturated heterocycles. The number of carbonyl (C=O) groups is 1. The van der Waals surface area contributed by atoms with Gasteiger partial charge in [-0.25, -0.2) is 0 Å². The largest absolute Gasteiger partial charge is 0.493 e. The molecule has 0 amide bonds. The van der Waals surface area contributed by atoms with Gasteiger partial charge in [0.15, 0.2) is 11.5 Å². The molecule has 1 aliphatic heterocycles. The maximum Gasteiger partial charge on any atom is 0.303 e. The summed E-state index contributed by atoms with van der Waals surface area (Å²) >= 11 is 1.93. The number of carboxylic acid groups (broad SMARTS) is 1. The summed E-state index contributed by atoms with van der Waals surface area (Å²) < 4.78 is 11.8. The van der Waals surface area contributed by atoms with Crippen LogP contribution < -0.4 is 9.47 Å². The molecule has 126 valence electrons. The highest BCUT2D eigenvalue weighted by atomic mass is 32.2. The van der Waals surface area contributed by atoms with Crippen molar-refractivity contribution in [2.75, 3.05) is 18.6 Å². The lowest BCUT2D eigenvalue weighted by molar-refractivity contribution is -0.137. The highest BCUT2D eigenvalue weighted by Gasteiger charge is 2.36. The van der Waals surface area contributed by atoms with Crippen molar-refractivity contribution in [1.82, 2.24) is 0 Å². The number of ether oxygens (including phenoxy) is 2. The van der Waals surface area contributed by atoms with Gasteiger partial charge in [0.1, 0.15) is 6.10 Å². The van der Waals surface area contributed by atoms with Gasteiger partial charge in [0, 0.05) is 17.2 Å². The van der Waals surface area contributed by atoms with Gasteiger partial charge in [-0.1, -0.05) is 12.1 Å². The molecule has 1 aromatic rings. The SMILES string of the molecule is COc1c(OC2CCCSC2)cccc1C(CC(=O)O)C1CC1. The Morgan fingerprint density at radius 1 is 1.39 bits per heavy atom. The number of carboxylic acids is 1. The number of rotatable bonds is 7. The molecule has 2 unspecified atom stereocenters. The molecule has 4 nitrogen and oxygen atoms in total. The van der Waals surface area contributed by atoms with Crippen LogP contribution in [0.1, 0.15) is 43.6 Å². The Morgan fingerprint density at radius 2 is 2.22 bits per heavy atom. The predicted octanol–water partition coefficient (Wildman–Crippen LogP) is 3.94. The van der Waals surface area contributed by atoms with E-state index in [9.17, 15) is 9.90 Å². The third kappa shape index (κ3) is 4.14. The summed E-state index contributed by atoms with van der Waals surface area (Å²) in [6.07, 6.45) is 4.83. The molecule has 1 aliphatic carbocycles. The monoisotopic (exact) mass is 336 g/mol. The van der Waals surface area contributed by atoms with E-state index in [0.29, 0.717) is 5.92 Å². The number of hydrogen-bond acceptors (Lipinski definition) is 4. The Morgan fingerprint density at radius 3 is 2.83 bits per heavy atom. The predicted molar refractivity (Wildman–Crippen MR) is 91.7 cm³/mol. The fourth-order valence-corrected chi connectivity index (χ4v) is 4.37. The first kappa shape index (κ1) is 16.5. The summed E-state index contributed by atoms with van der Waals surface area (Å²) in [6.45, 7) is 0. The van der Waals surface area contributed by atoms with Gasteiger partial charge < -0.3 is 14.6 Å². The van der Waals surface area contributed by atoms with Gasteiger partial charge in [-0.05, 0) is 43.4 Å². The van der Waals surface area contributed by atoms with Gasteiger partial charge in [-0.15, -0.1) is 0 Å². The average molecular weight is 336 g/mol. The zero-order chi connectivity index (χ0) is 16.2. The molecule has 1 N–H and O–H groups in total. The van der Waals surface area contributed by atoms with Crippen LogP contribution in [0.3, 0.4) is 0 Å². The molecule has 5 heteroatoms. The summed E-state index contributed by atoms with van der Waals surface area (Å²) in [4.78, 5) is 11.2. The number of para-hydroxylation sites is 1. The van der Waals surface area contributed by atoms with E-state index >= 15 is 0 Å². The first-order valence-electron chi connectivity index (χ1n) is 8.32. The fourth-order valence-electron chi connectivity index (χ4n) is 3.34. The van der Waals surface area contributed by atoms with Crippen molar-refractivity contribution in [3.05, 3.63) is 23.8 Å². The van der Waals surface area contributed by atoms with E-state index in [0.717, 1.165) is 42.1 Å². The van der Waals surface area contributed by atoms with Gasteiger partial charge in [-0.2, -0.15) is 11.8 Å². The lowest BCUT2D eigenvalue weighted by Crippen LogP contribution is -2.23. The Bertz CT molecular complexity index is 550. The molecule has 3 rings (SSSR count). The number of methoxy groups -OCH3 is 1. The topological polar surface area (TPSA) is 55.8 Å². The van der Waals surface area contributed by atoms with Crippen LogP contribution >= 0.6 is 11.8 Å². The van der Waals surface area contributed by atoms with Crippen LogP contribution in [-0.4, -0.2) is 35.8 Å². The number of thioether (sulfide) groups is 1. The molecule has 23 heavy (non-hydrogen) atoms. The molecule has 0 aromatic heterocycles. The number of aliphatic carboxylic acids is 1. The van der Waals surface area contributed by atoms with Gasteiger partial charge in [0.2, 0.25) is 0 Å². The van der Waals surface area contributed by atoms with Gasteiger partial charge in [0.25, 0.3) is 0 Å². The molecule has 1 heterocycles. The van der Waals surface area contributed by atoms with Gasteiger partial charge in [-0.3, -0.25) is 4.79 Å². The average Bonchev–Trinajstić information content (AvgIpc) is 3.38. The van der Waals surface area contributed by atoms with Crippen LogP contribution in [-0.2, 0) is 4.79 Å². The summed E-state index contributed by atoms with van der Waals surface area (Å²) in [5.41, 5.74) is 0.985. The van der Waals surface area contributed by atoms with E-state index in [4.69, 9.17) is 9.47 Å². The fraction of sp³-hybridized carbons (Fsp3) is 0.611. The molecule has 0 spiro atoms. The summed E-state index contributed by atoms with van der Waals surface area (Å²) in [5, 5.41) is 9.24. The second-order valence-corrected chi connectivity index (χ2v) is 7.53. The van der Waals surface area contributed by atoms with Crippen LogP contribution in [0, 0.1) is 5.92 Å². The molecule has 1 saturated carbocycles. The Kier molecular flexibility index (Phi) is 5.36. The number of hydrogen-bond donors (Lipinski definition) is 1. The van der Waals surface area contributed by atoms with Crippen molar-refractivity contribution >= 4 is 17.7 Å². The van der Waals surface area contributed by atoms with Crippen molar-refractivity contribution in [3.8, 4) is 11.5 Å². The van der Waals surface area contributed by atoms with Crippen LogP contribution in [0.5, 0.6) is 11.5 Å². The maximum atomic E-state index is 11.2. The van der Waals surface area contributed by atoms with Crippen LogP contribution in [0.15, 0.2) is 18.2 Å². The van der Waals surface area contributed by atoms with Crippen LogP contribution in [0.4, 0.5) is 0 Å². The van der Waals surface area contributed by atoms with E-state index < -0.39 is 5.97 Å². The van der Waals surface area contributed by atoms with Crippen molar-refractivity contribution in [3.63, 3.8) is 0 Å². The van der Waals surface area contributed by atoms with Crippen molar-refractivity contribution in [2.45, 2.75) is 44.1 Å². The third-order valence-corrected chi connectivity index (χ3v) is 5.80. The van der Waals surface area contributed by atoms with Crippen LogP contribution in [0.25, 0.3) is 0 Å². The third-order valence-electron chi connectivity index (χ3n) is 4.61. The standard InChI is InChI=1S/C18H24O4S/c1-21-18-14(15(10-17(19)20)12-7-8-12)5-2-6-16(18)22-13-4-3-9-23-11-13/h2,5-6,12-13,15H,3-4,7-11H2,1H3,(H,19,20). The van der Waals surface area contributed by atoms with E-state index in [1.54, 1.807) is 7.11 Å². The zero-order valence-corrected chi connectivity index (χ0v) is 14.3. The van der Waals surface area contributed by atoms with Crippen molar-refractivity contribution in [1.29, 1.82) is 0 Å². The molecule has 0 radical (unpaired) electrons. The normalized spacial score (nSPS) is 22.4. The molecule has 0 bridgehead atoms. The molecular formula is C18H24O4S. The van der Waals surface area contributed by atoms with E-state index in [2.05, 4.69) is 0 Å². The Labute approximate surface area is 141 Å². The minimum Gasteiger partial charge on any atom is -0.493 e.